The first-order valence-electron chi connectivity index (χ1n) is 9.49. The molecule has 3 aromatic carbocycles. The number of carbonyl (C=O) groups excluding carboxylic acids is 1. The Morgan fingerprint density at radius 2 is 1.65 bits per heavy atom. The highest BCUT2D eigenvalue weighted by Crippen LogP contribution is 2.29. The van der Waals surface area contributed by atoms with Crippen molar-refractivity contribution >= 4 is 22.4 Å². The summed E-state index contributed by atoms with van der Waals surface area (Å²) in [5, 5.41) is 13.6. The summed E-state index contributed by atoms with van der Waals surface area (Å²) in [7, 11) is 3.04. The minimum absolute atomic E-state index is 0.0506. The number of anilines is 1. The number of aromatic hydroxyl groups is 1. The van der Waals surface area contributed by atoms with Crippen LogP contribution in [-0.4, -0.2) is 29.8 Å². The average Bonchev–Trinajstić information content (AvgIpc) is 2.80. The number of aromatic nitrogens is 1. The predicted molar refractivity (Wildman–Crippen MR) is 119 cm³/mol. The Bertz CT molecular complexity index is 1340. The van der Waals surface area contributed by atoms with Gasteiger partial charge in [-0.1, -0.05) is 30.3 Å². The highest BCUT2D eigenvalue weighted by Gasteiger charge is 2.18. The molecule has 7 heteroatoms. The summed E-state index contributed by atoms with van der Waals surface area (Å²) < 4.78 is 12.1. The standard InChI is InChI=1S/C24H20N2O5/c1-30-15-11-12-20(22(13-15)31-2)26-14-18(16-7-3-4-8-17(16)24(26)29)23(28)25-19-9-5-6-10-21(19)27/h3-14,27H,1-2H3,(H,25,28). The minimum atomic E-state index is -0.459. The van der Waals surface area contributed by atoms with Crippen molar-refractivity contribution in [2.24, 2.45) is 0 Å². The van der Waals surface area contributed by atoms with Crippen LogP contribution in [0.25, 0.3) is 16.5 Å². The van der Waals surface area contributed by atoms with Gasteiger partial charge >= 0.3 is 0 Å². The number of pyridine rings is 1. The number of nitrogens with zero attached hydrogens (tertiary/aromatic N) is 1. The smallest absolute Gasteiger partial charge is 0.263 e. The van der Waals surface area contributed by atoms with Gasteiger partial charge in [-0.05, 0) is 30.3 Å². The van der Waals surface area contributed by atoms with Crippen molar-refractivity contribution in [2.45, 2.75) is 0 Å². The van der Waals surface area contributed by atoms with Crippen LogP contribution in [0, 0.1) is 0 Å². The zero-order valence-corrected chi connectivity index (χ0v) is 17.0. The van der Waals surface area contributed by atoms with E-state index in [2.05, 4.69) is 5.32 Å². The van der Waals surface area contributed by atoms with Gasteiger partial charge in [-0.3, -0.25) is 14.2 Å². The zero-order valence-electron chi connectivity index (χ0n) is 17.0. The average molecular weight is 416 g/mol. The number of rotatable bonds is 5. The maximum absolute atomic E-state index is 13.2. The third kappa shape index (κ3) is 3.69. The number of phenolic OH excluding ortho intramolecular Hbond substituents is 1. The van der Waals surface area contributed by atoms with Crippen molar-refractivity contribution in [1.29, 1.82) is 0 Å². The Morgan fingerprint density at radius 3 is 2.35 bits per heavy atom. The second kappa shape index (κ2) is 8.23. The zero-order chi connectivity index (χ0) is 22.0. The summed E-state index contributed by atoms with van der Waals surface area (Å²) in [5.74, 6) is 0.486. The van der Waals surface area contributed by atoms with E-state index in [1.54, 1.807) is 60.7 Å². The van der Waals surface area contributed by atoms with Gasteiger partial charge in [-0.15, -0.1) is 0 Å². The van der Waals surface area contributed by atoms with Crippen molar-refractivity contribution in [3.05, 3.63) is 88.8 Å². The third-order valence-corrected chi connectivity index (χ3v) is 4.97. The summed E-state index contributed by atoms with van der Waals surface area (Å²) in [4.78, 5) is 26.4. The molecule has 0 radical (unpaired) electrons. The molecule has 156 valence electrons. The Labute approximate surface area is 178 Å². The number of phenols is 1. The third-order valence-electron chi connectivity index (χ3n) is 4.97. The largest absolute Gasteiger partial charge is 0.506 e. The van der Waals surface area contributed by atoms with E-state index in [9.17, 15) is 14.7 Å². The van der Waals surface area contributed by atoms with E-state index < -0.39 is 5.91 Å². The molecule has 1 aromatic heterocycles. The van der Waals surface area contributed by atoms with Crippen molar-refractivity contribution in [3.63, 3.8) is 0 Å². The number of nitrogens with one attached hydrogen (secondary N) is 1. The van der Waals surface area contributed by atoms with E-state index in [1.807, 2.05) is 0 Å². The van der Waals surface area contributed by atoms with Gasteiger partial charge in [0.1, 0.15) is 17.2 Å². The topological polar surface area (TPSA) is 89.8 Å². The predicted octanol–water partition coefficient (Wildman–Crippen LogP) is 3.97. The molecule has 0 spiro atoms. The van der Waals surface area contributed by atoms with E-state index in [-0.39, 0.29) is 22.6 Å². The molecule has 2 N–H and O–H groups in total. The van der Waals surface area contributed by atoms with Gasteiger partial charge in [0, 0.05) is 23.0 Å². The summed E-state index contributed by atoms with van der Waals surface area (Å²) in [6.45, 7) is 0. The molecule has 0 unspecified atom stereocenters. The van der Waals surface area contributed by atoms with Crippen molar-refractivity contribution in [3.8, 4) is 22.9 Å². The fourth-order valence-corrected chi connectivity index (χ4v) is 3.40. The molecule has 0 aliphatic carbocycles. The number of carbonyl (C=O) groups is 1. The fraction of sp³-hybridized carbons (Fsp3) is 0.0833. The fourth-order valence-electron chi connectivity index (χ4n) is 3.40. The first-order chi connectivity index (χ1) is 15.0. The Hall–Kier alpha value is -4.26. The number of para-hydroxylation sites is 2. The van der Waals surface area contributed by atoms with E-state index in [0.29, 0.717) is 28.0 Å². The summed E-state index contributed by atoms with van der Waals surface area (Å²) in [6, 6.07) is 18.4. The van der Waals surface area contributed by atoms with Gasteiger partial charge < -0.3 is 19.9 Å². The van der Waals surface area contributed by atoms with E-state index >= 15 is 0 Å². The van der Waals surface area contributed by atoms with Crippen molar-refractivity contribution in [1.82, 2.24) is 4.57 Å². The van der Waals surface area contributed by atoms with Crippen LogP contribution in [0.3, 0.4) is 0 Å². The molecule has 0 aliphatic heterocycles. The van der Waals surface area contributed by atoms with Gasteiger partial charge in [0.2, 0.25) is 0 Å². The van der Waals surface area contributed by atoms with E-state index in [1.165, 1.54) is 31.0 Å². The van der Waals surface area contributed by atoms with Gasteiger partial charge in [-0.25, -0.2) is 0 Å². The molecule has 1 heterocycles. The molecule has 4 aromatic rings. The molecule has 0 saturated carbocycles. The summed E-state index contributed by atoms with van der Waals surface area (Å²) >= 11 is 0. The molecule has 0 saturated heterocycles. The molecule has 0 bridgehead atoms. The Balaban J connectivity index is 1.91. The van der Waals surface area contributed by atoms with Crippen LogP contribution in [0.2, 0.25) is 0 Å². The van der Waals surface area contributed by atoms with Gasteiger partial charge in [-0.2, -0.15) is 0 Å². The summed E-state index contributed by atoms with van der Waals surface area (Å²) in [6.07, 6.45) is 1.48. The highest BCUT2D eigenvalue weighted by molar-refractivity contribution is 6.13. The molecular weight excluding hydrogens is 396 g/mol. The van der Waals surface area contributed by atoms with E-state index in [0.717, 1.165) is 0 Å². The number of fused-ring (bicyclic) bond motifs is 1. The van der Waals surface area contributed by atoms with Crippen LogP contribution in [0.5, 0.6) is 17.2 Å². The normalized spacial score (nSPS) is 10.6. The number of hydrogen-bond acceptors (Lipinski definition) is 5. The van der Waals surface area contributed by atoms with Crippen LogP contribution in [0.1, 0.15) is 10.4 Å². The van der Waals surface area contributed by atoms with Crippen molar-refractivity contribution < 1.29 is 19.4 Å². The van der Waals surface area contributed by atoms with Crippen LogP contribution in [0.15, 0.2) is 77.7 Å². The number of methoxy groups -OCH3 is 2. The second-order valence-corrected chi connectivity index (χ2v) is 6.77. The lowest BCUT2D eigenvalue weighted by Gasteiger charge is -2.16. The molecular formula is C24H20N2O5. The summed E-state index contributed by atoms with van der Waals surface area (Å²) in [5.41, 5.74) is 0.724. The number of ether oxygens (including phenoxy) is 2. The lowest BCUT2D eigenvalue weighted by Crippen LogP contribution is -2.23. The van der Waals surface area contributed by atoms with E-state index in [4.69, 9.17) is 9.47 Å². The quantitative estimate of drug-likeness (QED) is 0.481. The van der Waals surface area contributed by atoms with Crippen LogP contribution in [-0.2, 0) is 0 Å². The molecule has 31 heavy (non-hydrogen) atoms. The van der Waals surface area contributed by atoms with Crippen LogP contribution < -0.4 is 20.3 Å². The van der Waals surface area contributed by atoms with Gasteiger partial charge in [0.05, 0.1) is 31.2 Å². The molecule has 4 rings (SSSR count). The maximum Gasteiger partial charge on any atom is 0.263 e. The first-order valence-corrected chi connectivity index (χ1v) is 9.49. The number of amides is 1. The first kappa shape index (κ1) is 20.0. The molecule has 7 nitrogen and oxygen atoms in total. The monoisotopic (exact) mass is 416 g/mol. The lowest BCUT2D eigenvalue weighted by atomic mass is 10.1. The minimum Gasteiger partial charge on any atom is -0.506 e. The molecule has 0 aliphatic rings. The molecule has 0 atom stereocenters. The SMILES string of the molecule is COc1ccc(-n2cc(C(=O)Nc3ccccc3O)c3ccccc3c2=O)c(OC)c1. The molecule has 1 amide bonds. The Morgan fingerprint density at radius 1 is 0.935 bits per heavy atom. The second-order valence-electron chi connectivity index (χ2n) is 6.77. The van der Waals surface area contributed by atoms with Gasteiger partial charge in [0.15, 0.2) is 0 Å². The Kier molecular flexibility index (Phi) is 5.32. The van der Waals surface area contributed by atoms with Gasteiger partial charge in [0.25, 0.3) is 11.5 Å². The van der Waals surface area contributed by atoms with Crippen molar-refractivity contribution in [2.75, 3.05) is 19.5 Å². The maximum atomic E-state index is 13.2. The molecule has 0 fully saturated rings. The van der Waals surface area contributed by atoms with Crippen LogP contribution in [0.4, 0.5) is 5.69 Å². The number of benzene rings is 3. The van der Waals surface area contributed by atoms with Crippen LogP contribution >= 0.6 is 0 Å². The lowest BCUT2D eigenvalue weighted by molar-refractivity contribution is 0.102. The highest BCUT2D eigenvalue weighted by atomic mass is 16.5. The number of hydrogen-bond donors (Lipinski definition) is 2.